The van der Waals surface area contributed by atoms with Crippen molar-refractivity contribution < 1.29 is 19.0 Å². The maximum atomic E-state index is 11.8. The van der Waals surface area contributed by atoms with Gasteiger partial charge in [0.25, 0.3) is 0 Å². The van der Waals surface area contributed by atoms with Crippen molar-refractivity contribution in [2.45, 2.75) is 12.8 Å². The highest BCUT2D eigenvalue weighted by molar-refractivity contribution is 6.31. The fraction of sp³-hybridized carbons (Fsp3) is 0.316. The molecule has 0 aliphatic carbocycles. The summed E-state index contributed by atoms with van der Waals surface area (Å²) in [5.74, 6) is 1.22. The van der Waals surface area contributed by atoms with Crippen LogP contribution in [0.4, 0.5) is 5.69 Å². The Morgan fingerprint density at radius 3 is 2.44 bits per heavy atom. The van der Waals surface area contributed by atoms with E-state index in [1.807, 2.05) is 24.3 Å². The number of ether oxygens (including phenoxy) is 3. The van der Waals surface area contributed by atoms with Crippen LogP contribution < -0.4 is 14.8 Å². The second kappa shape index (κ2) is 9.79. The fourth-order valence-corrected chi connectivity index (χ4v) is 2.43. The second-order valence-electron chi connectivity index (χ2n) is 5.34. The molecule has 0 atom stereocenters. The zero-order chi connectivity index (χ0) is 18.1. The average Bonchev–Trinajstić information content (AvgIpc) is 2.65. The van der Waals surface area contributed by atoms with Gasteiger partial charge in [-0.25, -0.2) is 4.79 Å². The van der Waals surface area contributed by atoms with Gasteiger partial charge in [0.15, 0.2) is 0 Å². The van der Waals surface area contributed by atoms with E-state index in [4.69, 9.17) is 25.8 Å². The number of carbonyl (C=O) groups is 1. The lowest BCUT2D eigenvalue weighted by atomic mass is 10.1. The first-order valence-electron chi connectivity index (χ1n) is 8.02. The Kier molecular flexibility index (Phi) is 7.41. The molecule has 0 bridgehead atoms. The van der Waals surface area contributed by atoms with E-state index < -0.39 is 5.97 Å². The lowest BCUT2D eigenvalue weighted by Crippen LogP contribution is -2.10. The van der Waals surface area contributed by atoms with Gasteiger partial charge in [-0.05, 0) is 55.3 Å². The summed E-state index contributed by atoms with van der Waals surface area (Å²) < 4.78 is 15.6. The summed E-state index contributed by atoms with van der Waals surface area (Å²) in [5, 5.41) is 3.74. The third-order valence-electron chi connectivity index (χ3n) is 3.60. The molecule has 5 nitrogen and oxygen atoms in total. The average molecular weight is 364 g/mol. The minimum absolute atomic E-state index is 0.409. The van der Waals surface area contributed by atoms with Gasteiger partial charge < -0.3 is 19.5 Å². The van der Waals surface area contributed by atoms with E-state index in [0.717, 1.165) is 30.9 Å². The largest absolute Gasteiger partial charge is 0.497 e. The van der Waals surface area contributed by atoms with Crippen molar-refractivity contribution in [2.75, 3.05) is 32.7 Å². The number of esters is 1. The van der Waals surface area contributed by atoms with Crippen LogP contribution in [0.5, 0.6) is 11.5 Å². The molecule has 25 heavy (non-hydrogen) atoms. The Balaban J connectivity index is 1.73. The fourth-order valence-electron chi connectivity index (χ4n) is 2.26. The minimum atomic E-state index is -0.409. The number of halogens is 1. The van der Waals surface area contributed by atoms with Crippen molar-refractivity contribution in [1.82, 2.24) is 0 Å². The van der Waals surface area contributed by atoms with E-state index in [1.165, 1.54) is 7.11 Å². The Bertz CT molecular complexity index is 688. The zero-order valence-corrected chi connectivity index (χ0v) is 15.1. The molecular formula is C19H22ClNO4. The van der Waals surface area contributed by atoms with Crippen molar-refractivity contribution in [2.24, 2.45) is 0 Å². The van der Waals surface area contributed by atoms with Crippen molar-refractivity contribution in [3.8, 4) is 11.5 Å². The van der Waals surface area contributed by atoms with E-state index in [2.05, 4.69) is 5.32 Å². The molecule has 0 fully saturated rings. The minimum Gasteiger partial charge on any atom is -0.497 e. The Hall–Kier alpha value is -2.40. The highest BCUT2D eigenvalue weighted by Crippen LogP contribution is 2.22. The van der Waals surface area contributed by atoms with Crippen LogP contribution in [-0.4, -0.2) is 33.3 Å². The molecule has 0 saturated heterocycles. The predicted octanol–water partition coefficient (Wildman–Crippen LogP) is 4.41. The number of hydrogen-bond donors (Lipinski definition) is 1. The third-order valence-corrected chi connectivity index (χ3v) is 3.84. The molecule has 0 amide bonds. The van der Waals surface area contributed by atoms with Gasteiger partial charge in [0.1, 0.15) is 11.5 Å². The second-order valence-corrected chi connectivity index (χ2v) is 5.78. The molecular weight excluding hydrogens is 342 g/mol. The molecule has 2 aromatic carbocycles. The van der Waals surface area contributed by atoms with Gasteiger partial charge in [-0.1, -0.05) is 11.6 Å². The topological polar surface area (TPSA) is 56.8 Å². The molecule has 0 aromatic heterocycles. The van der Waals surface area contributed by atoms with Gasteiger partial charge in [-0.2, -0.15) is 0 Å². The van der Waals surface area contributed by atoms with Crippen LogP contribution in [0.25, 0.3) is 0 Å². The van der Waals surface area contributed by atoms with Crippen LogP contribution >= 0.6 is 11.6 Å². The molecule has 2 rings (SSSR count). The molecule has 6 heteroatoms. The SMILES string of the molecule is COC(=O)c1cc(Cl)ccc1NCCCCOc1ccc(OC)cc1. The van der Waals surface area contributed by atoms with Crippen LogP contribution in [0.15, 0.2) is 42.5 Å². The number of hydrogen-bond acceptors (Lipinski definition) is 5. The molecule has 0 heterocycles. The van der Waals surface area contributed by atoms with E-state index in [1.54, 1.807) is 25.3 Å². The quantitative estimate of drug-likeness (QED) is 0.528. The summed E-state index contributed by atoms with van der Waals surface area (Å²) in [4.78, 5) is 11.8. The molecule has 0 saturated carbocycles. The van der Waals surface area contributed by atoms with Crippen molar-refractivity contribution >= 4 is 23.3 Å². The van der Waals surface area contributed by atoms with Gasteiger partial charge in [-0.15, -0.1) is 0 Å². The van der Waals surface area contributed by atoms with E-state index in [0.29, 0.717) is 22.9 Å². The Labute approximate surface area is 152 Å². The van der Waals surface area contributed by atoms with Gasteiger partial charge in [0.2, 0.25) is 0 Å². The Morgan fingerprint density at radius 2 is 1.76 bits per heavy atom. The molecule has 2 aromatic rings. The summed E-state index contributed by atoms with van der Waals surface area (Å²) in [5.41, 5.74) is 1.15. The molecule has 0 radical (unpaired) electrons. The van der Waals surface area contributed by atoms with Gasteiger partial charge in [0.05, 0.1) is 26.4 Å². The third kappa shape index (κ3) is 5.87. The van der Waals surface area contributed by atoms with E-state index in [9.17, 15) is 4.79 Å². The van der Waals surface area contributed by atoms with Crippen LogP contribution in [0.2, 0.25) is 5.02 Å². The highest BCUT2D eigenvalue weighted by Gasteiger charge is 2.12. The Morgan fingerprint density at radius 1 is 1.04 bits per heavy atom. The first kappa shape index (κ1) is 18.9. The first-order chi connectivity index (χ1) is 12.1. The maximum Gasteiger partial charge on any atom is 0.340 e. The van der Waals surface area contributed by atoms with Gasteiger partial charge in [-0.3, -0.25) is 0 Å². The van der Waals surface area contributed by atoms with E-state index >= 15 is 0 Å². The summed E-state index contributed by atoms with van der Waals surface area (Å²) in [7, 11) is 2.98. The molecule has 0 spiro atoms. The van der Waals surface area contributed by atoms with E-state index in [-0.39, 0.29) is 0 Å². The van der Waals surface area contributed by atoms with Crippen molar-refractivity contribution in [3.63, 3.8) is 0 Å². The first-order valence-corrected chi connectivity index (χ1v) is 8.40. The summed E-state index contributed by atoms with van der Waals surface area (Å²) in [6.07, 6.45) is 1.79. The van der Waals surface area contributed by atoms with Crippen LogP contribution in [0.3, 0.4) is 0 Å². The standard InChI is InChI=1S/C19H22ClNO4/c1-23-15-6-8-16(9-7-15)25-12-4-3-11-21-18-10-5-14(20)13-17(18)19(22)24-2/h5-10,13,21H,3-4,11-12H2,1-2H3. The molecule has 0 unspecified atom stereocenters. The molecule has 1 N–H and O–H groups in total. The van der Waals surface area contributed by atoms with Crippen molar-refractivity contribution in [3.05, 3.63) is 53.1 Å². The van der Waals surface area contributed by atoms with Crippen LogP contribution in [0, 0.1) is 0 Å². The lowest BCUT2D eigenvalue weighted by molar-refractivity contribution is 0.0602. The predicted molar refractivity (Wildman–Crippen MR) is 99.0 cm³/mol. The zero-order valence-electron chi connectivity index (χ0n) is 14.4. The van der Waals surface area contributed by atoms with Gasteiger partial charge in [0, 0.05) is 17.3 Å². The van der Waals surface area contributed by atoms with Gasteiger partial charge >= 0.3 is 5.97 Å². The number of anilines is 1. The number of methoxy groups -OCH3 is 2. The smallest absolute Gasteiger partial charge is 0.340 e. The summed E-state index contributed by atoms with van der Waals surface area (Å²) >= 11 is 5.94. The number of rotatable bonds is 9. The maximum absolute atomic E-state index is 11.8. The number of carbonyl (C=O) groups excluding carboxylic acids is 1. The lowest BCUT2D eigenvalue weighted by Gasteiger charge is -2.11. The number of benzene rings is 2. The monoisotopic (exact) mass is 363 g/mol. The van der Waals surface area contributed by atoms with Crippen molar-refractivity contribution in [1.29, 1.82) is 0 Å². The molecule has 0 aliphatic heterocycles. The normalized spacial score (nSPS) is 10.2. The molecule has 0 aliphatic rings. The van der Waals surface area contributed by atoms with Crippen LogP contribution in [0.1, 0.15) is 23.2 Å². The number of nitrogens with one attached hydrogen (secondary N) is 1. The summed E-state index contributed by atoms with van der Waals surface area (Å²) in [6, 6.07) is 12.6. The molecule has 134 valence electrons. The highest BCUT2D eigenvalue weighted by atomic mass is 35.5. The van der Waals surface area contributed by atoms with Crippen LogP contribution in [-0.2, 0) is 4.74 Å². The summed E-state index contributed by atoms with van der Waals surface area (Å²) in [6.45, 7) is 1.34. The number of unbranched alkanes of at least 4 members (excludes halogenated alkanes) is 1.